The van der Waals surface area contributed by atoms with Crippen molar-refractivity contribution in [1.29, 1.82) is 0 Å². The Labute approximate surface area is 163 Å². The number of nitrogens with zero attached hydrogens (tertiary/aromatic N) is 1. The molecule has 0 aliphatic heterocycles. The number of carbonyl (C=O) groups excluding carboxylic acids is 3. The minimum Gasteiger partial charge on any atom is -0.462 e. The molecule has 0 unspecified atom stereocenters. The van der Waals surface area contributed by atoms with E-state index in [0.717, 1.165) is 0 Å². The zero-order chi connectivity index (χ0) is 20.5. The number of nitrogens with one attached hydrogen (secondary N) is 1. The largest absolute Gasteiger partial charge is 0.462 e. The lowest BCUT2D eigenvalue weighted by Gasteiger charge is -2.23. The van der Waals surface area contributed by atoms with Gasteiger partial charge < -0.3 is 15.0 Å². The van der Waals surface area contributed by atoms with E-state index in [0.29, 0.717) is 11.3 Å². The first-order valence-corrected chi connectivity index (χ1v) is 8.97. The number of hydrogen-bond donors (Lipinski definition) is 1. The number of halogens is 1. The minimum absolute atomic E-state index is 0.0389. The molecule has 0 saturated carbocycles. The van der Waals surface area contributed by atoms with E-state index in [9.17, 15) is 18.8 Å². The highest BCUT2D eigenvalue weighted by molar-refractivity contribution is 6.02. The van der Waals surface area contributed by atoms with Crippen molar-refractivity contribution >= 4 is 23.5 Å². The van der Waals surface area contributed by atoms with Gasteiger partial charge in [-0.1, -0.05) is 24.3 Å². The predicted molar refractivity (Wildman–Crippen MR) is 104 cm³/mol. The van der Waals surface area contributed by atoms with E-state index in [1.807, 2.05) is 0 Å². The van der Waals surface area contributed by atoms with Gasteiger partial charge in [-0.3, -0.25) is 9.59 Å². The Kier molecular flexibility index (Phi) is 7.68. The van der Waals surface area contributed by atoms with Gasteiger partial charge in [-0.25, -0.2) is 9.18 Å². The van der Waals surface area contributed by atoms with Gasteiger partial charge in [0.15, 0.2) is 0 Å². The molecular formula is C21H23FN2O4. The smallest absolute Gasteiger partial charge is 0.340 e. The molecule has 2 aromatic carbocycles. The third kappa shape index (κ3) is 5.90. The van der Waals surface area contributed by atoms with Gasteiger partial charge in [0, 0.05) is 20.0 Å². The Bertz CT molecular complexity index is 854. The number of ether oxygens (including phenoxy) is 1. The molecule has 0 spiro atoms. The number of para-hydroxylation sites is 1. The summed E-state index contributed by atoms with van der Waals surface area (Å²) in [6, 6.07) is 12.5. The summed E-state index contributed by atoms with van der Waals surface area (Å²) in [5, 5.41) is 2.71. The van der Waals surface area contributed by atoms with E-state index in [4.69, 9.17) is 4.74 Å². The summed E-state index contributed by atoms with van der Waals surface area (Å²) in [6.45, 7) is 3.68. The van der Waals surface area contributed by atoms with Crippen LogP contribution in [0.4, 0.5) is 10.1 Å². The van der Waals surface area contributed by atoms with Gasteiger partial charge >= 0.3 is 5.97 Å². The molecular weight excluding hydrogens is 363 g/mol. The number of carbonyl (C=O) groups is 3. The molecule has 2 aromatic rings. The summed E-state index contributed by atoms with van der Waals surface area (Å²) >= 11 is 0. The summed E-state index contributed by atoms with van der Waals surface area (Å²) in [5.74, 6) is -1.47. The number of hydrogen-bond acceptors (Lipinski definition) is 4. The molecule has 0 aliphatic rings. The molecule has 1 N–H and O–H groups in total. The van der Waals surface area contributed by atoms with Crippen LogP contribution in [-0.2, 0) is 20.7 Å². The SMILES string of the molecule is CCOC(=O)c1ccccc1N(CCNC(=O)Cc1cccc(F)c1)C(C)=O. The third-order valence-electron chi connectivity index (χ3n) is 3.98. The van der Waals surface area contributed by atoms with E-state index in [1.54, 1.807) is 43.3 Å². The van der Waals surface area contributed by atoms with Crippen molar-refractivity contribution in [2.75, 3.05) is 24.6 Å². The summed E-state index contributed by atoms with van der Waals surface area (Å²) in [5.41, 5.74) is 1.27. The van der Waals surface area contributed by atoms with Crippen LogP contribution in [0.3, 0.4) is 0 Å². The lowest BCUT2D eigenvalue weighted by Crippen LogP contribution is -2.38. The van der Waals surface area contributed by atoms with Crippen molar-refractivity contribution in [3.8, 4) is 0 Å². The van der Waals surface area contributed by atoms with Crippen molar-refractivity contribution in [3.05, 3.63) is 65.5 Å². The Balaban J connectivity index is 2.01. The summed E-state index contributed by atoms with van der Waals surface area (Å²) < 4.78 is 18.2. The fraction of sp³-hybridized carbons (Fsp3) is 0.286. The van der Waals surface area contributed by atoms with Crippen LogP contribution in [0.1, 0.15) is 29.8 Å². The number of benzene rings is 2. The lowest BCUT2D eigenvalue weighted by atomic mass is 10.1. The molecule has 2 amide bonds. The second-order valence-electron chi connectivity index (χ2n) is 6.06. The average Bonchev–Trinajstić information content (AvgIpc) is 2.65. The highest BCUT2D eigenvalue weighted by Gasteiger charge is 2.20. The fourth-order valence-corrected chi connectivity index (χ4v) is 2.74. The molecule has 0 saturated heterocycles. The molecule has 2 rings (SSSR count). The zero-order valence-corrected chi connectivity index (χ0v) is 15.9. The van der Waals surface area contributed by atoms with Crippen molar-refractivity contribution in [2.24, 2.45) is 0 Å². The van der Waals surface area contributed by atoms with Crippen LogP contribution < -0.4 is 10.2 Å². The topological polar surface area (TPSA) is 75.7 Å². The molecule has 0 radical (unpaired) electrons. The monoisotopic (exact) mass is 386 g/mol. The zero-order valence-electron chi connectivity index (χ0n) is 15.9. The quantitative estimate of drug-likeness (QED) is 0.708. The summed E-state index contributed by atoms with van der Waals surface area (Å²) in [6.07, 6.45) is 0.0389. The van der Waals surface area contributed by atoms with Crippen LogP contribution >= 0.6 is 0 Å². The van der Waals surface area contributed by atoms with Gasteiger partial charge in [0.1, 0.15) is 5.82 Å². The number of esters is 1. The molecule has 28 heavy (non-hydrogen) atoms. The van der Waals surface area contributed by atoms with Gasteiger partial charge in [-0.15, -0.1) is 0 Å². The van der Waals surface area contributed by atoms with Gasteiger partial charge in [0.25, 0.3) is 0 Å². The first kappa shape index (κ1) is 21.1. The maximum absolute atomic E-state index is 13.2. The first-order valence-electron chi connectivity index (χ1n) is 8.97. The van der Waals surface area contributed by atoms with Gasteiger partial charge in [-0.2, -0.15) is 0 Å². The Morgan fingerprint density at radius 2 is 1.86 bits per heavy atom. The highest BCUT2D eigenvalue weighted by Crippen LogP contribution is 2.21. The number of amides is 2. The standard InChI is InChI=1S/C21H23FN2O4/c1-3-28-21(27)18-9-4-5-10-19(18)24(15(2)25)12-11-23-20(26)14-16-7-6-8-17(22)13-16/h4-10,13H,3,11-12,14H2,1-2H3,(H,23,26). The van der Waals surface area contributed by atoms with Crippen LogP contribution in [0.2, 0.25) is 0 Å². The van der Waals surface area contributed by atoms with E-state index in [1.165, 1.54) is 24.0 Å². The average molecular weight is 386 g/mol. The number of anilines is 1. The van der Waals surface area contributed by atoms with Crippen LogP contribution in [0.25, 0.3) is 0 Å². The van der Waals surface area contributed by atoms with Crippen LogP contribution in [0.15, 0.2) is 48.5 Å². The van der Waals surface area contributed by atoms with Gasteiger partial charge in [0.05, 0.1) is 24.3 Å². The van der Waals surface area contributed by atoms with Gasteiger partial charge in [-0.05, 0) is 36.8 Å². The maximum atomic E-state index is 13.2. The molecule has 0 bridgehead atoms. The highest BCUT2D eigenvalue weighted by atomic mass is 19.1. The lowest BCUT2D eigenvalue weighted by molar-refractivity contribution is -0.121. The Hall–Kier alpha value is -3.22. The third-order valence-corrected chi connectivity index (χ3v) is 3.98. The summed E-state index contributed by atoms with van der Waals surface area (Å²) in [7, 11) is 0. The van der Waals surface area contributed by atoms with Crippen molar-refractivity contribution < 1.29 is 23.5 Å². The van der Waals surface area contributed by atoms with Crippen LogP contribution in [-0.4, -0.2) is 37.5 Å². The van der Waals surface area contributed by atoms with Crippen LogP contribution in [0.5, 0.6) is 0 Å². The second-order valence-corrected chi connectivity index (χ2v) is 6.06. The number of rotatable bonds is 8. The molecule has 0 aliphatic carbocycles. The minimum atomic E-state index is -0.514. The van der Waals surface area contributed by atoms with Crippen molar-refractivity contribution in [3.63, 3.8) is 0 Å². The van der Waals surface area contributed by atoms with Crippen molar-refractivity contribution in [1.82, 2.24) is 5.32 Å². The predicted octanol–water partition coefficient (Wildman–Crippen LogP) is 2.71. The molecule has 0 fully saturated rings. The fourth-order valence-electron chi connectivity index (χ4n) is 2.74. The normalized spacial score (nSPS) is 10.2. The molecule has 7 heteroatoms. The van der Waals surface area contributed by atoms with E-state index in [2.05, 4.69) is 5.32 Å². The van der Waals surface area contributed by atoms with Crippen LogP contribution in [0, 0.1) is 5.82 Å². The molecule has 148 valence electrons. The Morgan fingerprint density at radius 3 is 2.54 bits per heavy atom. The first-order chi connectivity index (χ1) is 13.4. The maximum Gasteiger partial charge on any atom is 0.340 e. The molecule has 0 heterocycles. The van der Waals surface area contributed by atoms with E-state index >= 15 is 0 Å². The van der Waals surface area contributed by atoms with Gasteiger partial charge in [0.2, 0.25) is 11.8 Å². The summed E-state index contributed by atoms with van der Waals surface area (Å²) in [4.78, 5) is 37.7. The molecule has 0 aromatic heterocycles. The van der Waals surface area contributed by atoms with E-state index < -0.39 is 11.8 Å². The van der Waals surface area contributed by atoms with E-state index in [-0.39, 0.29) is 43.5 Å². The molecule has 0 atom stereocenters. The second kappa shape index (κ2) is 10.2. The van der Waals surface area contributed by atoms with Crippen molar-refractivity contribution in [2.45, 2.75) is 20.3 Å². The molecule has 6 nitrogen and oxygen atoms in total. The Morgan fingerprint density at radius 1 is 1.11 bits per heavy atom.